The molecule has 6 nitrogen and oxygen atoms in total. The van der Waals surface area contributed by atoms with Crippen molar-refractivity contribution in [2.24, 2.45) is 0 Å². The first-order valence-corrected chi connectivity index (χ1v) is 8.72. The van der Waals surface area contributed by atoms with Gasteiger partial charge in [0.1, 0.15) is 0 Å². The van der Waals surface area contributed by atoms with Crippen LogP contribution in [0.4, 0.5) is 9.18 Å². The maximum Gasteiger partial charge on any atom is 0.409 e. The van der Waals surface area contributed by atoms with Crippen molar-refractivity contribution in [2.45, 2.75) is 6.42 Å². The maximum atomic E-state index is 13.8. The van der Waals surface area contributed by atoms with Crippen molar-refractivity contribution in [1.82, 2.24) is 10.2 Å². The van der Waals surface area contributed by atoms with Crippen LogP contribution in [0.3, 0.4) is 0 Å². The summed E-state index contributed by atoms with van der Waals surface area (Å²) in [7, 11) is 1.42. The molecule has 1 saturated heterocycles. The first kappa shape index (κ1) is 18.7. The second-order valence-corrected chi connectivity index (χ2v) is 6.14. The molecule has 27 heavy (non-hydrogen) atoms. The van der Waals surface area contributed by atoms with Gasteiger partial charge in [-0.3, -0.25) is 4.79 Å². The lowest BCUT2D eigenvalue weighted by molar-refractivity contribution is 0.0719. The van der Waals surface area contributed by atoms with E-state index in [0.29, 0.717) is 37.4 Å². The molecule has 0 unspecified atom stereocenters. The van der Waals surface area contributed by atoms with Gasteiger partial charge in [0.05, 0.1) is 13.7 Å². The second kappa shape index (κ2) is 8.53. The molecule has 2 amide bonds. The van der Waals surface area contributed by atoms with Crippen LogP contribution in [-0.2, 0) is 4.74 Å². The van der Waals surface area contributed by atoms with Gasteiger partial charge in [0.25, 0.3) is 5.91 Å². The number of carbonyl (C=O) groups is 2. The number of halogens is 1. The van der Waals surface area contributed by atoms with Crippen molar-refractivity contribution < 1.29 is 23.5 Å². The van der Waals surface area contributed by atoms with Gasteiger partial charge in [-0.15, -0.1) is 0 Å². The van der Waals surface area contributed by atoms with E-state index in [0.717, 1.165) is 12.0 Å². The molecule has 0 aliphatic carbocycles. The summed E-state index contributed by atoms with van der Waals surface area (Å²) in [5, 5.41) is 2.79. The average molecular weight is 372 g/mol. The number of benzene rings is 2. The molecule has 2 aromatic rings. The number of nitrogens with one attached hydrogen (secondary N) is 1. The number of rotatable bonds is 6. The molecule has 0 atom stereocenters. The van der Waals surface area contributed by atoms with Crippen LogP contribution < -0.4 is 10.1 Å². The quantitative estimate of drug-likeness (QED) is 0.846. The van der Waals surface area contributed by atoms with Crippen LogP contribution in [0.2, 0.25) is 0 Å². The Morgan fingerprint density at radius 2 is 1.96 bits per heavy atom. The highest BCUT2D eigenvalue weighted by molar-refractivity contribution is 5.94. The zero-order chi connectivity index (χ0) is 19.2. The van der Waals surface area contributed by atoms with Crippen LogP contribution in [0.1, 0.15) is 16.8 Å². The second-order valence-electron chi connectivity index (χ2n) is 6.14. The molecule has 1 fully saturated rings. The molecule has 0 spiro atoms. The van der Waals surface area contributed by atoms with Gasteiger partial charge in [-0.25, -0.2) is 9.18 Å². The molecule has 1 aliphatic rings. The number of hydrogen-bond donors (Lipinski definition) is 1. The molecule has 7 heteroatoms. The number of cyclic esters (lactones) is 1. The van der Waals surface area contributed by atoms with E-state index < -0.39 is 5.82 Å². The SMILES string of the molecule is COc1ccc(-c2ccc(C(=O)NCCN3CCCOC3=O)cc2)cc1F. The Balaban J connectivity index is 1.57. The largest absolute Gasteiger partial charge is 0.494 e. The van der Waals surface area contributed by atoms with Crippen molar-refractivity contribution in [3.8, 4) is 16.9 Å². The van der Waals surface area contributed by atoms with Crippen LogP contribution in [0.25, 0.3) is 11.1 Å². The predicted molar refractivity (Wildman–Crippen MR) is 98.3 cm³/mol. The smallest absolute Gasteiger partial charge is 0.409 e. The van der Waals surface area contributed by atoms with E-state index in [1.54, 1.807) is 41.3 Å². The fraction of sp³-hybridized carbons (Fsp3) is 0.300. The fourth-order valence-electron chi connectivity index (χ4n) is 2.87. The Kier molecular flexibility index (Phi) is 5.90. The lowest BCUT2D eigenvalue weighted by Crippen LogP contribution is -2.42. The van der Waals surface area contributed by atoms with E-state index in [4.69, 9.17) is 9.47 Å². The van der Waals surface area contributed by atoms with Crippen LogP contribution in [0.5, 0.6) is 5.75 Å². The number of hydrogen-bond acceptors (Lipinski definition) is 4. The Hall–Kier alpha value is -3.09. The normalized spacial score (nSPS) is 13.9. The summed E-state index contributed by atoms with van der Waals surface area (Å²) in [5.74, 6) is -0.478. The summed E-state index contributed by atoms with van der Waals surface area (Å²) in [6, 6.07) is 11.6. The number of methoxy groups -OCH3 is 1. The molecule has 2 aromatic carbocycles. The van der Waals surface area contributed by atoms with E-state index in [1.807, 2.05) is 0 Å². The molecule has 1 aliphatic heterocycles. The molecule has 0 bridgehead atoms. The van der Waals surface area contributed by atoms with Crippen LogP contribution in [-0.4, -0.2) is 50.3 Å². The highest BCUT2D eigenvalue weighted by atomic mass is 19.1. The lowest BCUT2D eigenvalue weighted by Gasteiger charge is -2.26. The summed E-state index contributed by atoms with van der Waals surface area (Å²) in [6.45, 7) is 1.85. The van der Waals surface area contributed by atoms with E-state index in [-0.39, 0.29) is 17.7 Å². The molecule has 1 N–H and O–H groups in total. The average Bonchev–Trinajstić information content (AvgIpc) is 2.69. The molecule has 3 rings (SSSR count). The minimum absolute atomic E-state index is 0.187. The van der Waals surface area contributed by atoms with Crippen LogP contribution in [0, 0.1) is 5.82 Å². The van der Waals surface area contributed by atoms with E-state index >= 15 is 0 Å². The zero-order valence-electron chi connectivity index (χ0n) is 15.0. The molecule has 0 radical (unpaired) electrons. The number of ether oxygens (including phenoxy) is 2. The first-order chi connectivity index (χ1) is 13.1. The van der Waals surface area contributed by atoms with E-state index in [2.05, 4.69) is 5.32 Å². The van der Waals surface area contributed by atoms with Crippen LogP contribution in [0.15, 0.2) is 42.5 Å². The highest BCUT2D eigenvalue weighted by Crippen LogP contribution is 2.25. The molecule has 1 heterocycles. The van der Waals surface area contributed by atoms with Gasteiger partial charge in [0.15, 0.2) is 11.6 Å². The standard InChI is InChI=1S/C20H21FN2O4/c1-26-18-8-7-16(13-17(18)21)14-3-5-15(6-4-14)19(24)22-9-11-23-10-2-12-27-20(23)25/h3-8,13H,2,9-12H2,1H3,(H,22,24). The van der Waals surface area contributed by atoms with Gasteiger partial charge in [-0.2, -0.15) is 0 Å². The molecular weight excluding hydrogens is 351 g/mol. The van der Waals surface area contributed by atoms with Crippen molar-refractivity contribution in [3.05, 3.63) is 53.8 Å². The summed E-state index contributed by atoms with van der Waals surface area (Å²) in [4.78, 5) is 25.3. The first-order valence-electron chi connectivity index (χ1n) is 8.72. The molecule has 0 saturated carbocycles. The highest BCUT2D eigenvalue weighted by Gasteiger charge is 2.19. The van der Waals surface area contributed by atoms with E-state index in [1.165, 1.54) is 13.2 Å². The van der Waals surface area contributed by atoms with Crippen molar-refractivity contribution in [2.75, 3.05) is 33.4 Å². The minimum Gasteiger partial charge on any atom is -0.494 e. The predicted octanol–water partition coefficient (Wildman–Crippen LogP) is 3.07. The molecule has 142 valence electrons. The lowest BCUT2D eigenvalue weighted by atomic mass is 10.0. The number of amides is 2. The summed E-state index contributed by atoms with van der Waals surface area (Å²) < 4.78 is 23.7. The van der Waals surface area contributed by atoms with Gasteiger partial charge >= 0.3 is 6.09 Å². The van der Waals surface area contributed by atoms with Crippen molar-refractivity contribution in [3.63, 3.8) is 0 Å². The Morgan fingerprint density at radius 1 is 1.22 bits per heavy atom. The Labute approximate surface area is 156 Å². The Bertz CT molecular complexity index is 823. The molecule has 0 aromatic heterocycles. The fourth-order valence-corrected chi connectivity index (χ4v) is 2.87. The summed E-state index contributed by atoms with van der Waals surface area (Å²) in [6.07, 6.45) is 0.458. The zero-order valence-corrected chi connectivity index (χ0v) is 15.0. The third kappa shape index (κ3) is 4.55. The molecular formula is C20H21FN2O4. The number of carbonyl (C=O) groups excluding carboxylic acids is 2. The minimum atomic E-state index is -0.437. The van der Waals surface area contributed by atoms with Gasteiger partial charge in [-0.05, 0) is 41.8 Å². The van der Waals surface area contributed by atoms with Crippen molar-refractivity contribution in [1.29, 1.82) is 0 Å². The van der Waals surface area contributed by atoms with Crippen molar-refractivity contribution >= 4 is 12.0 Å². The third-order valence-electron chi connectivity index (χ3n) is 4.36. The third-order valence-corrected chi connectivity index (χ3v) is 4.36. The monoisotopic (exact) mass is 372 g/mol. The topological polar surface area (TPSA) is 67.9 Å². The van der Waals surface area contributed by atoms with Crippen LogP contribution >= 0.6 is 0 Å². The van der Waals surface area contributed by atoms with Gasteiger partial charge < -0.3 is 19.7 Å². The van der Waals surface area contributed by atoms with Gasteiger partial charge in [-0.1, -0.05) is 18.2 Å². The summed E-state index contributed by atoms with van der Waals surface area (Å²) in [5.41, 5.74) is 1.99. The summed E-state index contributed by atoms with van der Waals surface area (Å²) >= 11 is 0. The maximum absolute atomic E-state index is 13.8. The van der Waals surface area contributed by atoms with Gasteiger partial charge in [0.2, 0.25) is 0 Å². The van der Waals surface area contributed by atoms with E-state index in [9.17, 15) is 14.0 Å². The Morgan fingerprint density at radius 3 is 2.63 bits per heavy atom. The number of nitrogens with zero attached hydrogens (tertiary/aromatic N) is 1. The van der Waals surface area contributed by atoms with Gasteiger partial charge in [0, 0.05) is 25.2 Å².